The van der Waals surface area contributed by atoms with Crippen LogP contribution in [-0.2, 0) is 4.79 Å². The Bertz CT molecular complexity index is 820. The number of unbranched alkanes of at least 4 members (excludes halogenated alkanes) is 1. The zero-order chi connectivity index (χ0) is 21.3. The second-order valence-electron chi connectivity index (χ2n) is 7.63. The first-order chi connectivity index (χ1) is 14.6. The Morgan fingerprint density at radius 3 is 2.70 bits per heavy atom. The summed E-state index contributed by atoms with van der Waals surface area (Å²) in [6, 6.07) is 0. The fourth-order valence-electron chi connectivity index (χ4n) is 3.35. The number of nitrogens with zero attached hydrogens (tertiary/aromatic N) is 5. The Balaban J connectivity index is 1.63. The molecule has 0 aromatic carbocycles. The molecule has 1 amide bonds. The number of nitrogens with one attached hydrogen (secondary N) is 2. The third-order valence-corrected chi connectivity index (χ3v) is 6.26. The third kappa shape index (κ3) is 5.89. The van der Waals surface area contributed by atoms with Gasteiger partial charge in [-0.1, -0.05) is 13.3 Å². The molecular formula is C21H33N7OS. The number of amides is 1. The molecule has 2 aromatic rings. The number of aromatic nitrogens is 3. The lowest BCUT2D eigenvalue weighted by Crippen LogP contribution is -2.43. The van der Waals surface area contributed by atoms with Crippen molar-refractivity contribution < 1.29 is 4.79 Å². The minimum Gasteiger partial charge on any atom is -0.370 e. The van der Waals surface area contributed by atoms with E-state index in [1.54, 1.807) is 11.3 Å². The molecule has 2 aromatic heterocycles. The zero-order valence-corrected chi connectivity index (χ0v) is 19.1. The molecule has 30 heavy (non-hydrogen) atoms. The molecule has 1 aliphatic heterocycles. The molecule has 3 heterocycles. The molecule has 164 valence electrons. The van der Waals surface area contributed by atoms with Gasteiger partial charge in [0.25, 0.3) is 0 Å². The molecule has 1 saturated heterocycles. The predicted molar refractivity (Wildman–Crippen MR) is 123 cm³/mol. The monoisotopic (exact) mass is 431 g/mol. The van der Waals surface area contributed by atoms with Crippen molar-refractivity contribution in [1.29, 1.82) is 0 Å². The van der Waals surface area contributed by atoms with Gasteiger partial charge in [-0.2, -0.15) is 0 Å². The highest BCUT2D eigenvalue weighted by molar-refractivity contribution is 7.14. The number of aryl methyl sites for hydroxylation is 1. The van der Waals surface area contributed by atoms with E-state index in [4.69, 9.17) is 9.97 Å². The van der Waals surface area contributed by atoms with Gasteiger partial charge in [-0.25, -0.2) is 15.0 Å². The lowest BCUT2D eigenvalue weighted by molar-refractivity contribution is -0.118. The summed E-state index contributed by atoms with van der Waals surface area (Å²) < 4.78 is 0. The van der Waals surface area contributed by atoms with Crippen LogP contribution in [0.5, 0.6) is 0 Å². The van der Waals surface area contributed by atoms with E-state index < -0.39 is 0 Å². The maximum absolute atomic E-state index is 11.2. The van der Waals surface area contributed by atoms with Crippen molar-refractivity contribution in [1.82, 2.24) is 25.2 Å². The van der Waals surface area contributed by atoms with Gasteiger partial charge < -0.3 is 20.4 Å². The zero-order valence-electron chi connectivity index (χ0n) is 18.3. The van der Waals surface area contributed by atoms with E-state index in [0.717, 1.165) is 99.4 Å². The molecule has 1 aliphatic rings. The van der Waals surface area contributed by atoms with Gasteiger partial charge in [-0.3, -0.25) is 4.79 Å². The lowest BCUT2D eigenvalue weighted by atomic mass is 10.2. The summed E-state index contributed by atoms with van der Waals surface area (Å²) in [5, 5.41) is 9.88. The first-order valence-corrected chi connectivity index (χ1v) is 11.7. The van der Waals surface area contributed by atoms with Crippen LogP contribution in [0.4, 0.5) is 10.9 Å². The Labute approximate surface area is 183 Å². The normalized spacial score (nSPS) is 14.0. The molecule has 9 heteroatoms. The molecule has 8 nitrogen and oxygen atoms in total. The van der Waals surface area contributed by atoms with Gasteiger partial charge in [0.15, 0.2) is 11.0 Å². The van der Waals surface area contributed by atoms with Gasteiger partial charge in [0.1, 0.15) is 11.5 Å². The lowest BCUT2D eigenvalue weighted by Gasteiger charge is -2.26. The minimum absolute atomic E-state index is 0.663. The van der Waals surface area contributed by atoms with Crippen molar-refractivity contribution in [3.63, 3.8) is 0 Å². The van der Waals surface area contributed by atoms with Crippen molar-refractivity contribution in [3.05, 3.63) is 16.6 Å². The summed E-state index contributed by atoms with van der Waals surface area (Å²) in [5.41, 5.74) is 2.83. The first-order valence-electron chi connectivity index (χ1n) is 10.8. The fraction of sp³-hybridized carbons (Fsp3) is 0.619. The second-order valence-corrected chi connectivity index (χ2v) is 8.47. The van der Waals surface area contributed by atoms with E-state index in [-0.39, 0.29) is 0 Å². The minimum atomic E-state index is 0.663. The number of carbonyl (C=O) groups excluding carboxylic acids is 1. The van der Waals surface area contributed by atoms with E-state index in [0.29, 0.717) is 5.82 Å². The first kappa shape index (κ1) is 22.4. The van der Waals surface area contributed by atoms with Gasteiger partial charge in [0.05, 0.1) is 0 Å². The average molecular weight is 432 g/mol. The molecule has 0 unspecified atom stereocenters. The maximum atomic E-state index is 11.2. The van der Waals surface area contributed by atoms with E-state index >= 15 is 0 Å². The van der Waals surface area contributed by atoms with E-state index in [2.05, 4.69) is 27.4 Å². The Hall–Kier alpha value is -2.26. The Morgan fingerprint density at radius 1 is 1.20 bits per heavy atom. The van der Waals surface area contributed by atoms with Gasteiger partial charge in [0, 0.05) is 62.5 Å². The summed E-state index contributed by atoms with van der Waals surface area (Å²) in [7, 11) is 0. The van der Waals surface area contributed by atoms with Crippen LogP contribution in [-0.4, -0.2) is 72.1 Å². The van der Waals surface area contributed by atoms with Gasteiger partial charge in [-0.15, -0.1) is 11.3 Å². The van der Waals surface area contributed by atoms with Crippen LogP contribution in [0.1, 0.15) is 37.4 Å². The highest BCUT2D eigenvalue weighted by Crippen LogP contribution is 2.27. The maximum Gasteiger partial charge on any atom is 0.209 e. The van der Waals surface area contributed by atoms with Crippen LogP contribution in [0.15, 0.2) is 5.38 Å². The van der Waals surface area contributed by atoms with Gasteiger partial charge in [0.2, 0.25) is 6.41 Å². The van der Waals surface area contributed by atoms with E-state index in [9.17, 15) is 4.79 Å². The van der Waals surface area contributed by atoms with E-state index in [1.807, 2.05) is 24.1 Å². The molecule has 0 radical (unpaired) electrons. The van der Waals surface area contributed by atoms with E-state index in [1.165, 1.54) is 0 Å². The molecule has 3 rings (SSSR count). The number of hydrogen-bond acceptors (Lipinski definition) is 8. The highest BCUT2D eigenvalue weighted by Gasteiger charge is 2.17. The molecule has 1 fully saturated rings. The summed E-state index contributed by atoms with van der Waals surface area (Å²) in [6.45, 7) is 12.5. The van der Waals surface area contributed by atoms with Gasteiger partial charge in [-0.05, 0) is 26.7 Å². The van der Waals surface area contributed by atoms with Crippen LogP contribution in [0, 0.1) is 13.8 Å². The van der Waals surface area contributed by atoms with Crippen molar-refractivity contribution >= 4 is 28.7 Å². The number of rotatable bonds is 11. The highest BCUT2D eigenvalue weighted by atomic mass is 32.1. The van der Waals surface area contributed by atoms with Crippen molar-refractivity contribution in [3.8, 4) is 11.5 Å². The fourth-order valence-corrected chi connectivity index (χ4v) is 4.21. The SMILES string of the molecule is CCCCN(C=O)CCCNc1nc(-c2csc(N3CCNCC3)n2)nc(C)c1C. The Morgan fingerprint density at radius 2 is 1.97 bits per heavy atom. The molecular weight excluding hydrogens is 398 g/mol. The van der Waals surface area contributed by atoms with Crippen LogP contribution in [0.2, 0.25) is 0 Å². The molecule has 0 bridgehead atoms. The summed E-state index contributed by atoms with van der Waals surface area (Å²) in [6.07, 6.45) is 3.97. The summed E-state index contributed by atoms with van der Waals surface area (Å²) >= 11 is 1.65. The molecule has 2 N–H and O–H groups in total. The Kier molecular flexibility index (Phi) is 8.39. The van der Waals surface area contributed by atoms with Crippen LogP contribution < -0.4 is 15.5 Å². The average Bonchev–Trinajstić information content (AvgIpc) is 3.27. The van der Waals surface area contributed by atoms with Crippen LogP contribution >= 0.6 is 11.3 Å². The second kappa shape index (κ2) is 11.2. The third-order valence-electron chi connectivity index (χ3n) is 5.36. The van der Waals surface area contributed by atoms with Crippen LogP contribution in [0.3, 0.4) is 0 Å². The van der Waals surface area contributed by atoms with Gasteiger partial charge >= 0.3 is 0 Å². The van der Waals surface area contributed by atoms with Crippen molar-refractivity contribution in [2.45, 2.75) is 40.0 Å². The molecule has 0 aliphatic carbocycles. The molecule has 0 spiro atoms. The standard InChI is InChI=1S/C21H33N7OS/c1-4-5-10-27(15-29)11-6-7-23-19-16(2)17(3)24-20(26-19)18-14-30-21(25-18)28-12-8-22-9-13-28/h14-15,22H,4-13H2,1-3H3,(H,23,24,26). The largest absolute Gasteiger partial charge is 0.370 e. The van der Waals surface area contributed by atoms with Crippen LogP contribution in [0.25, 0.3) is 11.5 Å². The molecule has 0 saturated carbocycles. The summed E-state index contributed by atoms with van der Waals surface area (Å²) in [4.78, 5) is 29.5. The van der Waals surface area contributed by atoms with Crippen molar-refractivity contribution in [2.75, 3.05) is 56.0 Å². The smallest absolute Gasteiger partial charge is 0.209 e. The number of anilines is 2. The number of carbonyl (C=O) groups is 1. The number of thiazole rings is 1. The number of piperazine rings is 1. The number of hydrogen-bond donors (Lipinski definition) is 2. The predicted octanol–water partition coefficient (Wildman–Crippen LogP) is 2.69. The summed E-state index contributed by atoms with van der Waals surface area (Å²) in [5.74, 6) is 1.51. The molecule has 0 atom stereocenters. The quantitative estimate of drug-likeness (QED) is 0.418. The topological polar surface area (TPSA) is 86.3 Å². The van der Waals surface area contributed by atoms with Crippen molar-refractivity contribution in [2.24, 2.45) is 0 Å².